The molecule has 40 heavy (non-hydrogen) atoms. The van der Waals surface area contributed by atoms with E-state index < -0.39 is 88.3 Å². The molecule has 0 aliphatic heterocycles. The van der Waals surface area contributed by atoms with Crippen molar-refractivity contribution in [3.8, 4) is 0 Å². The van der Waals surface area contributed by atoms with Gasteiger partial charge < -0.3 is 23.7 Å². The highest BCUT2D eigenvalue weighted by Crippen LogP contribution is 2.29. The summed E-state index contributed by atoms with van der Waals surface area (Å²) in [6, 6.07) is 2.57. The molecule has 0 radical (unpaired) electrons. The predicted octanol–water partition coefficient (Wildman–Crippen LogP) is 1.19. The second-order valence-electron chi connectivity index (χ2n) is 7.77. The number of hydrazone groups is 1. The molecule has 0 heterocycles. The molecule has 1 aromatic carbocycles. The van der Waals surface area contributed by atoms with Crippen LogP contribution in [0.5, 0.6) is 0 Å². The maximum absolute atomic E-state index is 12.0. The molecule has 0 spiro atoms. The van der Waals surface area contributed by atoms with Gasteiger partial charge in [0, 0.05) is 40.7 Å². The maximum Gasteiger partial charge on any atom is 0.303 e. The van der Waals surface area contributed by atoms with Gasteiger partial charge in [-0.05, 0) is 6.07 Å². The van der Waals surface area contributed by atoms with Gasteiger partial charge in [-0.25, -0.2) is 0 Å². The number of ether oxygens (including phenoxy) is 5. The van der Waals surface area contributed by atoms with Crippen LogP contribution < -0.4 is 5.43 Å². The second kappa shape index (κ2) is 15.3. The highest BCUT2D eigenvalue weighted by atomic mass is 16.6. The number of anilines is 1. The molecular weight excluding hydrogens is 544 g/mol. The quantitative estimate of drug-likeness (QED) is 0.108. The third kappa shape index (κ3) is 11.1. The van der Waals surface area contributed by atoms with Gasteiger partial charge in [0.2, 0.25) is 0 Å². The lowest BCUT2D eigenvalue weighted by Gasteiger charge is -2.32. The molecule has 3 atom stereocenters. The third-order valence-electron chi connectivity index (χ3n) is 4.49. The first-order valence-corrected chi connectivity index (χ1v) is 11.2. The number of nitrogens with one attached hydrogen (secondary N) is 1. The van der Waals surface area contributed by atoms with E-state index in [0.717, 1.165) is 46.8 Å². The van der Waals surface area contributed by atoms with Crippen LogP contribution in [0.2, 0.25) is 0 Å². The molecular formula is C22H26N4O14. The van der Waals surface area contributed by atoms with Crippen LogP contribution in [0.25, 0.3) is 0 Å². The lowest BCUT2D eigenvalue weighted by atomic mass is 10.0. The van der Waals surface area contributed by atoms with Crippen molar-refractivity contribution in [2.75, 3.05) is 18.6 Å². The summed E-state index contributed by atoms with van der Waals surface area (Å²) in [5, 5.41) is 26.4. The Morgan fingerprint density at radius 3 is 1.88 bits per heavy atom. The molecule has 218 valence electrons. The first kappa shape index (κ1) is 32.9. The minimum Gasteiger partial charge on any atom is -0.462 e. The average Bonchev–Trinajstić information content (AvgIpc) is 2.83. The van der Waals surface area contributed by atoms with Gasteiger partial charge >= 0.3 is 35.5 Å². The van der Waals surface area contributed by atoms with Gasteiger partial charge in [0.1, 0.15) is 24.6 Å². The number of hydrogen-bond donors (Lipinski definition) is 1. The topological polar surface area (TPSA) is 242 Å². The summed E-state index contributed by atoms with van der Waals surface area (Å²) < 4.78 is 25.4. The Bertz CT molecular complexity index is 1200. The molecule has 0 aromatic heterocycles. The van der Waals surface area contributed by atoms with Crippen molar-refractivity contribution < 1.29 is 57.5 Å². The van der Waals surface area contributed by atoms with Gasteiger partial charge in [0.15, 0.2) is 18.3 Å². The fourth-order valence-electron chi connectivity index (χ4n) is 3.00. The fraction of sp³-hybridized carbons (Fsp3) is 0.455. The molecule has 0 fully saturated rings. The van der Waals surface area contributed by atoms with Gasteiger partial charge in [0.25, 0.3) is 5.69 Å². The molecule has 18 heteroatoms. The zero-order chi connectivity index (χ0) is 30.6. The zero-order valence-corrected chi connectivity index (χ0v) is 21.9. The summed E-state index contributed by atoms with van der Waals surface area (Å²) in [7, 11) is 0. The van der Waals surface area contributed by atoms with Crippen molar-refractivity contribution in [1.29, 1.82) is 0 Å². The number of carbonyl (C=O) groups excluding carboxylic acids is 5. The van der Waals surface area contributed by atoms with E-state index in [9.17, 15) is 44.2 Å². The van der Waals surface area contributed by atoms with Gasteiger partial charge in [-0.2, -0.15) is 5.10 Å². The maximum atomic E-state index is 12.0. The summed E-state index contributed by atoms with van der Waals surface area (Å²) in [6.07, 6.45) is -5.11. The Kier molecular flexibility index (Phi) is 12.6. The number of nitro groups is 2. The van der Waals surface area contributed by atoms with E-state index in [1.54, 1.807) is 0 Å². The van der Waals surface area contributed by atoms with Gasteiger partial charge in [-0.1, -0.05) is 0 Å². The van der Waals surface area contributed by atoms with Crippen molar-refractivity contribution in [1.82, 2.24) is 0 Å². The number of carbonyl (C=O) groups is 5. The molecule has 0 aliphatic carbocycles. The summed E-state index contributed by atoms with van der Waals surface area (Å²) >= 11 is 0. The van der Waals surface area contributed by atoms with Crippen molar-refractivity contribution in [2.45, 2.75) is 52.9 Å². The van der Waals surface area contributed by atoms with E-state index in [-0.39, 0.29) is 5.69 Å². The Morgan fingerprint density at radius 2 is 1.40 bits per heavy atom. The predicted molar refractivity (Wildman–Crippen MR) is 131 cm³/mol. The Hall–Kier alpha value is -5.16. The number of non-ortho nitro benzene ring substituents is 1. The summed E-state index contributed by atoms with van der Waals surface area (Å²) in [6.45, 7) is 3.57. The zero-order valence-electron chi connectivity index (χ0n) is 21.9. The van der Waals surface area contributed by atoms with Crippen LogP contribution in [0.1, 0.15) is 34.6 Å². The Labute approximate surface area is 225 Å². The number of hydrogen-bond acceptors (Lipinski definition) is 16. The molecule has 1 aromatic rings. The van der Waals surface area contributed by atoms with E-state index in [4.69, 9.17) is 23.7 Å². The van der Waals surface area contributed by atoms with Crippen molar-refractivity contribution in [3.63, 3.8) is 0 Å². The summed E-state index contributed by atoms with van der Waals surface area (Å²) in [4.78, 5) is 79.4. The minimum absolute atomic E-state index is 0.363. The lowest BCUT2D eigenvalue weighted by molar-refractivity contribution is -0.393. The normalized spacial score (nSPS) is 13.1. The third-order valence-corrected chi connectivity index (χ3v) is 4.49. The van der Waals surface area contributed by atoms with Crippen LogP contribution in [-0.4, -0.2) is 76.9 Å². The van der Waals surface area contributed by atoms with E-state index in [0.29, 0.717) is 6.07 Å². The highest BCUT2D eigenvalue weighted by Gasteiger charge is 2.41. The smallest absolute Gasteiger partial charge is 0.303 e. The van der Waals surface area contributed by atoms with Crippen LogP contribution in [0.3, 0.4) is 0 Å². The molecule has 0 saturated carbocycles. The highest BCUT2D eigenvalue weighted by molar-refractivity contribution is 5.94. The van der Waals surface area contributed by atoms with Crippen LogP contribution in [-0.2, 0) is 47.7 Å². The molecule has 0 bridgehead atoms. The fourth-order valence-corrected chi connectivity index (χ4v) is 3.00. The van der Waals surface area contributed by atoms with Crippen LogP contribution >= 0.6 is 0 Å². The van der Waals surface area contributed by atoms with E-state index in [1.165, 1.54) is 0 Å². The second-order valence-corrected chi connectivity index (χ2v) is 7.77. The molecule has 0 saturated heterocycles. The number of esters is 5. The number of nitro benzene ring substituents is 2. The molecule has 0 amide bonds. The SMILES string of the molecule is CC(=O)OCC(=NNc1ccc([N+](=O)[O-])cc1[N+](=O)[O-])[C@@H](OC(C)=O)[C@H](OC(C)=O)[C@@H](COC(C)=O)OC(C)=O. The van der Waals surface area contributed by atoms with Crippen LogP contribution in [0.4, 0.5) is 17.1 Å². The van der Waals surface area contributed by atoms with Gasteiger partial charge in [0.05, 0.1) is 15.9 Å². The molecule has 1 rings (SSSR count). The first-order chi connectivity index (χ1) is 18.6. The standard InChI is InChI=1S/C22H26N4O14/c1-11(27)36-9-18(24-23-17-7-6-16(25(32)33)8-19(17)26(34)35)21(39-14(4)30)22(40-15(5)31)20(38-13(3)29)10-37-12(2)28/h6-8,20-23H,9-10H2,1-5H3/t20-,21-,22-/m1/s1. The number of benzene rings is 1. The average molecular weight is 570 g/mol. The van der Waals surface area contributed by atoms with Crippen molar-refractivity contribution in [3.05, 3.63) is 38.4 Å². The van der Waals surface area contributed by atoms with Crippen LogP contribution in [0, 0.1) is 20.2 Å². The first-order valence-electron chi connectivity index (χ1n) is 11.2. The molecule has 0 aliphatic rings. The van der Waals surface area contributed by atoms with Crippen molar-refractivity contribution in [2.24, 2.45) is 5.10 Å². The monoisotopic (exact) mass is 570 g/mol. The number of rotatable bonds is 14. The lowest BCUT2D eigenvalue weighted by Crippen LogP contribution is -2.51. The van der Waals surface area contributed by atoms with Crippen LogP contribution in [0.15, 0.2) is 23.3 Å². The molecule has 1 N–H and O–H groups in total. The van der Waals surface area contributed by atoms with Crippen molar-refractivity contribution >= 4 is 52.6 Å². The number of nitrogens with zero attached hydrogens (tertiary/aromatic N) is 3. The Morgan fingerprint density at radius 1 is 0.825 bits per heavy atom. The Balaban J connectivity index is 3.73. The van der Waals surface area contributed by atoms with E-state index in [1.807, 2.05) is 0 Å². The summed E-state index contributed by atoms with van der Waals surface area (Å²) in [5.74, 6) is -4.49. The largest absolute Gasteiger partial charge is 0.462 e. The summed E-state index contributed by atoms with van der Waals surface area (Å²) in [5.41, 5.74) is 0.135. The van der Waals surface area contributed by atoms with Gasteiger partial charge in [-0.15, -0.1) is 0 Å². The van der Waals surface area contributed by atoms with E-state index in [2.05, 4.69) is 10.5 Å². The molecule has 0 unspecified atom stereocenters. The van der Waals surface area contributed by atoms with E-state index >= 15 is 0 Å². The minimum atomic E-state index is -1.79. The molecule has 18 nitrogen and oxygen atoms in total. The van der Waals surface area contributed by atoms with Gasteiger partial charge in [-0.3, -0.25) is 49.6 Å².